The van der Waals surface area contributed by atoms with Crippen molar-refractivity contribution in [1.82, 2.24) is 9.80 Å². The lowest BCUT2D eigenvalue weighted by molar-refractivity contribution is -0.135. The third-order valence-corrected chi connectivity index (χ3v) is 5.51. The van der Waals surface area contributed by atoms with Crippen molar-refractivity contribution >= 4 is 40.7 Å². The SMILES string of the molecule is C[C@H]1CN(Cc2cccc(Cl)c2)CCN1C(=O)Cc1ccc(Cl)cc1Cl. The van der Waals surface area contributed by atoms with Crippen LogP contribution >= 0.6 is 34.8 Å². The molecule has 26 heavy (non-hydrogen) atoms. The molecular weight excluding hydrogens is 391 g/mol. The minimum Gasteiger partial charge on any atom is -0.337 e. The summed E-state index contributed by atoms with van der Waals surface area (Å²) in [5, 5.41) is 1.87. The molecule has 1 fully saturated rings. The molecule has 1 atom stereocenters. The molecule has 1 saturated heterocycles. The van der Waals surface area contributed by atoms with Crippen LogP contribution in [0.4, 0.5) is 0 Å². The number of carbonyl (C=O) groups excluding carboxylic acids is 1. The fraction of sp³-hybridized carbons (Fsp3) is 0.350. The Morgan fingerprint density at radius 1 is 1.08 bits per heavy atom. The molecule has 0 aromatic heterocycles. The van der Waals surface area contributed by atoms with E-state index in [1.54, 1.807) is 12.1 Å². The third kappa shape index (κ3) is 4.92. The zero-order valence-corrected chi connectivity index (χ0v) is 16.9. The molecule has 0 saturated carbocycles. The first-order valence-electron chi connectivity index (χ1n) is 8.62. The van der Waals surface area contributed by atoms with Crippen LogP contribution in [0.5, 0.6) is 0 Å². The maximum Gasteiger partial charge on any atom is 0.227 e. The molecule has 3 rings (SSSR count). The van der Waals surface area contributed by atoms with Gasteiger partial charge < -0.3 is 4.90 Å². The average Bonchev–Trinajstić information content (AvgIpc) is 2.57. The lowest BCUT2D eigenvalue weighted by Crippen LogP contribution is -2.54. The first-order valence-corrected chi connectivity index (χ1v) is 9.76. The lowest BCUT2D eigenvalue weighted by Gasteiger charge is -2.40. The van der Waals surface area contributed by atoms with Gasteiger partial charge in [-0.1, -0.05) is 53.0 Å². The highest BCUT2D eigenvalue weighted by Gasteiger charge is 2.27. The molecule has 0 bridgehead atoms. The molecule has 1 amide bonds. The summed E-state index contributed by atoms with van der Waals surface area (Å²) < 4.78 is 0. The van der Waals surface area contributed by atoms with E-state index in [1.165, 1.54) is 5.56 Å². The fourth-order valence-corrected chi connectivity index (χ4v) is 4.06. The summed E-state index contributed by atoms with van der Waals surface area (Å²) in [4.78, 5) is 17.0. The quantitative estimate of drug-likeness (QED) is 0.713. The van der Waals surface area contributed by atoms with Crippen molar-refractivity contribution < 1.29 is 4.79 Å². The molecule has 2 aromatic rings. The molecule has 2 aromatic carbocycles. The number of rotatable bonds is 4. The number of amides is 1. The predicted octanol–water partition coefficient (Wildman–Crippen LogP) is 4.92. The van der Waals surface area contributed by atoms with Gasteiger partial charge in [0.1, 0.15) is 0 Å². The van der Waals surface area contributed by atoms with Gasteiger partial charge in [0, 0.05) is 47.3 Å². The van der Waals surface area contributed by atoms with Gasteiger partial charge in [-0.25, -0.2) is 0 Å². The Kier molecular flexibility index (Phi) is 6.46. The fourth-order valence-electron chi connectivity index (χ4n) is 3.37. The molecule has 0 N–H and O–H groups in total. The first kappa shape index (κ1) is 19.5. The third-order valence-electron chi connectivity index (χ3n) is 4.68. The highest BCUT2D eigenvalue weighted by Crippen LogP contribution is 2.23. The molecule has 1 heterocycles. The van der Waals surface area contributed by atoms with Gasteiger partial charge in [0.2, 0.25) is 5.91 Å². The van der Waals surface area contributed by atoms with Gasteiger partial charge in [0.15, 0.2) is 0 Å². The largest absolute Gasteiger partial charge is 0.337 e. The summed E-state index contributed by atoms with van der Waals surface area (Å²) in [5.74, 6) is 0.101. The van der Waals surface area contributed by atoms with E-state index in [0.29, 0.717) is 23.0 Å². The zero-order chi connectivity index (χ0) is 18.7. The van der Waals surface area contributed by atoms with E-state index < -0.39 is 0 Å². The molecule has 0 radical (unpaired) electrons. The summed E-state index contributed by atoms with van der Waals surface area (Å²) in [5.41, 5.74) is 2.01. The van der Waals surface area contributed by atoms with E-state index in [0.717, 1.165) is 30.2 Å². The first-order chi connectivity index (χ1) is 12.4. The van der Waals surface area contributed by atoms with Crippen LogP contribution in [-0.2, 0) is 17.8 Å². The summed E-state index contributed by atoms with van der Waals surface area (Å²) in [6.45, 7) is 5.33. The van der Waals surface area contributed by atoms with E-state index in [1.807, 2.05) is 29.2 Å². The summed E-state index contributed by atoms with van der Waals surface area (Å²) in [6.07, 6.45) is 0.300. The van der Waals surface area contributed by atoms with Crippen LogP contribution in [0.2, 0.25) is 15.1 Å². The van der Waals surface area contributed by atoms with E-state index >= 15 is 0 Å². The molecule has 0 unspecified atom stereocenters. The van der Waals surface area contributed by atoms with Crippen LogP contribution in [0.25, 0.3) is 0 Å². The molecule has 0 aliphatic carbocycles. The molecule has 6 heteroatoms. The number of halogens is 3. The second-order valence-electron chi connectivity index (χ2n) is 6.71. The van der Waals surface area contributed by atoms with Crippen LogP contribution in [0.15, 0.2) is 42.5 Å². The predicted molar refractivity (Wildman–Crippen MR) is 108 cm³/mol. The standard InChI is InChI=1S/C20H21Cl3N2O/c1-14-12-24(13-15-3-2-4-17(21)9-15)7-8-25(14)20(26)10-16-5-6-18(22)11-19(16)23/h2-6,9,11,14H,7-8,10,12-13H2,1H3/t14-/m0/s1. The Morgan fingerprint density at radius 3 is 2.54 bits per heavy atom. The summed E-state index contributed by atoms with van der Waals surface area (Å²) in [7, 11) is 0. The zero-order valence-electron chi connectivity index (χ0n) is 14.6. The monoisotopic (exact) mass is 410 g/mol. The van der Waals surface area contributed by atoms with Gasteiger partial charge >= 0.3 is 0 Å². The van der Waals surface area contributed by atoms with Crippen molar-refractivity contribution in [2.24, 2.45) is 0 Å². The highest BCUT2D eigenvalue weighted by molar-refractivity contribution is 6.35. The van der Waals surface area contributed by atoms with Gasteiger partial charge in [-0.05, 0) is 42.3 Å². The van der Waals surface area contributed by atoms with Crippen molar-refractivity contribution in [2.75, 3.05) is 19.6 Å². The Morgan fingerprint density at radius 2 is 1.85 bits per heavy atom. The second kappa shape index (κ2) is 8.62. The Bertz CT molecular complexity index is 796. The van der Waals surface area contributed by atoms with Gasteiger partial charge in [0.05, 0.1) is 6.42 Å². The minimum absolute atomic E-state index is 0.101. The average molecular weight is 412 g/mol. The molecule has 3 nitrogen and oxygen atoms in total. The van der Waals surface area contributed by atoms with Crippen molar-refractivity contribution in [2.45, 2.75) is 25.9 Å². The van der Waals surface area contributed by atoms with Gasteiger partial charge in [-0.2, -0.15) is 0 Å². The molecule has 0 spiro atoms. The van der Waals surface area contributed by atoms with Crippen LogP contribution in [0, 0.1) is 0 Å². The van der Waals surface area contributed by atoms with Crippen LogP contribution < -0.4 is 0 Å². The Hall–Kier alpha value is -1.26. The number of hydrogen-bond donors (Lipinski definition) is 0. The van der Waals surface area contributed by atoms with Crippen molar-refractivity contribution in [3.63, 3.8) is 0 Å². The molecular formula is C20H21Cl3N2O. The molecule has 138 valence electrons. The van der Waals surface area contributed by atoms with Crippen LogP contribution in [0.3, 0.4) is 0 Å². The lowest BCUT2D eigenvalue weighted by atomic mass is 10.1. The van der Waals surface area contributed by atoms with Crippen molar-refractivity contribution in [3.05, 3.63) is 68.7 Å². The highest BCUT2D eigenvalue weighted by atomic mass is 35.5. The Balaban J connectivity index is 1.58. The summed E-state index contributed by atoms with van der Waals surface area (Å²) in [6, 6.07) is 13.3. The van der Waals surface area contributed by atoms with E-state index in [9.17, 15) is 4.79 Å². The number of hydrogen-bond acceptors (Lipinski definition) is 2. The maximum atomic E-state index is 12.7. The van der Waals surface area contributed by atoms with Crippen molar-refractivity contribution in [3.8, 4) is 0 Å². The molecule has 1 aliphatic rings. The second-order valence-corrected chi connectivity index (χ2v) is 7.99. The van der Waals surface area contributed by atoms with Crippen LogP contribution in [-0.4, -0.2) is 41.4 Å². The number of nitrogens with zero attached hydrogens (tertiary/aromatic N) is 2. The van der Waals surface area contributed by atoms with Gasteiger partial charge in [0.25, 0.3) is 0 Å². The van der Waals surface area contributed by atoms with Gasteiger partial charge in [-0.3, -0.25) is 9.69 Å². The van der Waals surface area contributed by atoms with Crippen LogP contribution in [0.1, 0.15) is 18.1 Å². The van der Waals surface area contributed by atoms with E-state index in [-0.39, 0.29) is 11.9 Å². The van der Waals surface area contributed by atoms with E-state index in [2.05, 4.69) is 17.9 Å². The van der Waals surface area contributed by atoms with Gasteiger partial charge in [-0.15, -0.1) is 0 Å². The normalized spacial score (nSPS) is 18.2. The number of piperazine rings is 1. The summed E-state index contributed by atoms with van der Waals surface area (Å²) >= 11 is 18.2. The maximum absolute atomic E-state index is 12.7. The van der Waals surface area contributed by atoms with E-state index in [4.69, 9.17) is 34.8 Å². The molecule has 1 aliphatic heterocycles. The number of benzene rings is 2. The topological polar surface area (TPSA) is 23.6 Å². The Labute approximate surface area is 169 Å². The number of carbonyl (C=O) groups is 1. The minimum atomic E-state index is 0.101. The smallest absolute Gasteiger partial charge is 0.227 e. The van der Waals surface area contributed by atoms with Crippen molar-refractivity contribution in [1.29, 1.82) is 0 Å².